The highest BCUT2D eigenvalue weighted by Gasteiger charge is 2.14. The van der Waals surface area contributed by atoms with Crippen LogP contribution in [-0.4, -0.2) is 44.3 Å². The molecule has 104 valence electrons. The Morgan fingerprint density at radius 2 is 2.05 bits per heavy atom. The third kappa shape index (κ3) is 4.18. The summed E-state index contributed by atoms with van der Waals surface area (Å²) < 4.78 is 5.31. The number of benzene rings is 1. The standard InChI is InChI=1S/C13H19N3O3/c17-16(18)13-5-2-1-4-12(13)14-6-3-7-15-8-10-19-11-9-15/h1-2,4-5,14H,3,6-11H2/p+1. The van der Waals surface area contributed by atoms with Gasteiger partial charge in [-0.15, -0.1) is 0 Å². The summed E-state index contributed by atoms with van der Waals surface area (Å²) in [6.07, 6.45) is 1.00. The van der Waals surface area contributed by atoms with Crippen molar-refractivity contribution in [2.75, 3.05) is 44.7 Å². The van der Waals surface area contributed by atoms with Gasteiger partial charge in [-0.2, -0.15) is 0 Å². The van der Waals surface area contributed by atoms with Gasteiger partial charge in [-0.05, 0) is 6.07 Å². The Kier molecular flexibility index (Phi) is 5.11. The fourth-order valence-electron chi connectivity index (χ4n) is 2.25. The molecular weight excluding hydrogens is 246 g/mol. The molecule has 6 nitrogen and oxygen atoms in total. The number of hydrogen-bond donors (Lipinski definition) is 2. The summed E-state index contributed by atoms with van der Waals surface area (Å²) in [6.45, 7) is 5.64. The Bertz CT molecular complexity index is 419. The maximum absolute atomic E-state index is 10.8. The van der Waals surface area contributed by atoms with Gasteiger partial charge in [0.25, 0.3) is 5.69 Å². The Balaban J connectivity index is 1.74. The zero-order valence-electron chi connectivity index (χ0n) is 10.9. The van der Waals surface area contributed by atoms with Crippen LogP contribution < -0.4 is 10.2 Å². The van der Waals surface area contributed by atoms with E-state index in [-0.39, 0.29) is 10.6 Å². The van der Waals surface area contributed by atoms with Gasteiger partial charge < -0.3 is 15.0 Å². The topological polar surface area (TPSA) is 68.8 Å². The average Bonchev–Trinajstić information content (AvgIpc) is 2.45. The predicted molar refractivity (Wildman–Crippen MR) is 72.6 cm³/mol. The highest BCUT2D eigenvalue weighted by atomic mass is 16.6. The molecule has 0 aliphatic carbocycles. The van der Waals surface area contributed by atoms with E-state index < -0.39 is 0 Å². The number of nitrogens with zero attached hydrogens (tertiary/aromatic N) is 1. The van der Waals surface area contributed by atoms with E-state index in [0.717, 1.165) is 45.8 Å². The van der Waals surface area contributed by atoms with E-state index in [4.69, 9.17) is 4.74 Å². The van der Waals surface area contributed by atoms with Crippen molar-refractivity contribution in [1.82, 2.24) is 0 Å². The minimum Gasteiger partial charge on any atom is -0.379 e. The fourth-order valence-corrected chi connectivity index (χ4v) is 2.25. The Hall–Kier alpha value is -1.66. The van der Waals surface area contributed by atoms with Crippen LogP contribution in [0.2, 0.25) is 0 Å². The van der Waals surface area contributed by atoms with Gasteiger partial charge in [-0.1, -0.05) is 12.1 Å². The molecule has 0 radical (unpaired) electrons. The SMILES string of the molecule is O=[N+]([O-])c1ccccc1NCCC[NH+]1CCOCC1. The van der Waals surface area contributed by atoms with Crippen LogP contribution in [-0.2, 0) is 4.74 Å². The summed E-state index contributed by atoms with van der Waals surface area (Å²) >= 11 is 0. The van der Waals surface area contributed by atoms with Gasteiger partial charge in [0.05, 0.1) is 24.7 Å². The van der Waals surface area contributed by atoms with E-state index in [1.807, 2.05) is 6.07 Å². The molecule has 1 heterocycles. The van der Waals surface area contributed by atoms with Crippen molar-refractivity contribution in [1.29, 1.82) is 0 Å². The smallest absolute Gasteiger partial charge is 0.292 e. The van der Waals surface area contributed by atoms with Crippen LogP contribution in [0.3, 0.4) is 0 Å². The summed E-state index contributed by atoms with van der Waals surface area (Å²) in [7, 11) is 0. The lowest BCUT2D eigenvalue weighted by Gasteiger charge is -2.23. The first kappa shape index (κ1) is 13.8. The molecule has 0 bridgehead atoms. The minimum atomic E-state index is -0.352. The molecule has 1 aliphatic rings. The minimum absolute atomic E-state index is 0.140. The van der Waals surface area contributed by atoms with Crippen molar-refractivity contribution in [2.24, 2.45) is 0 Å². The first-order valence-corrected chi connectivity index (χ1v) is 6.66. The number of nitro groups is 1. The van der Waals surface area contributed by atoms with Crippen molar-refractivity contribution in [3.63, 3.8) is 0 Å². The normalized spacial score (nSPS) is 16.2. The van der Waals surface area contributed by atoms with E-state index >= 15 is 0 Å². The first-order valence-electron chi connectivity index (χ1n) is 6.66. The average molecular weight is 266 g/mol. The molecule has 0 saturated carbocycles. The molecule has 0 amide bonds. The number of hydrogen-bond acceptors (Lipinski definition) is 4. The van der Waals surface area contributed by atoms with E-state index in [1.54, 1.807) is 17.0 Å². The zero-order chi connectivity index (χ0) is 13.5. The maximum atomic E-state index is 10.8. The molecule has 0 unspecified atom stereocenters. The second-order valence-electron chi connectivity index (χ2n) is 4.67. The highest BCUT2D eigenvalue weighted by Crippen LogP contribution is 2.22. The molecule has 1 aliphatic heterocycles. The van der Waals surface area contributed by atoms with Crippen LogP contribution >= 0.6 is 0 Å². The number of anilines is 1. The molecule has 19 heavy (non-hydrogen) atoms. The molecule has 0 atom stereocenters. The van der Waals surface area contributed by atoms with Crippen LogP contribution in [0.15, 0.2) is 24.3 Å². The van der Waals surface area contributed by atoms with Gasteiger partial charge >= 0.3 is 0 Å². The number of rotatable bonds is 6. The lowest BCUT2D eigenvalue weighted by molar-refractivity contribution is -0.908. The van der Waals surface area contributed by atoms with Crippen LogP contribution in [0.25, 0.3) is 0 Å². The molecule has 0 aromatic heterocycles. The number of morpholine rings is 1. The van der Waals surface area contributed by atoms with Crippen LogP contribution in [0.1, 0.15) is 6.42 Å². The summed E-state index contributed by atoms with van der Waals surface area (Å²) in [6, 6.07) is 6.76. The second-order valence-corrected chi connectivity index (χ2v) is 4.67. The van der Waals surface area contributed by atoms with Gasteiger partial charge in [0.15, 0.2) is 0 Å². The number of para-hydroxylation sites is 2. The van der Waals surface area contributed by atoms with Gasteiger partial charge in [0.2, 0.25) is 0 Å². The molecule has 2 rings (SSSR count). The lowest BCUT2D eigenvalue weighted by atomic mass is 10.2. The molecule has 2 N–H and O–H groups in total. The predicted octanol–water partition coefficient (Wildman–Crippen LogP) is 0.312. The van der Waals surface area contributed by atoms with Crippen LogP contribution in [0.4, 0.5) is 11.4 Å². The monoisotopic (exact) mass is 266 g/mol. The first-order chi connectivity index (χ1) is 9.27. The lowest BCUT2D eigenvalue weighted by Crippen LogP contribution is -3.14. The molecule has 0 spiro atoms. The van der Waals surface area contributed by atoms with Gasteiger partial charge in [-0.25, -0.2) is 0 Å². The number of nitro benzene ring substituents is 1. The quantitative estimate of drug-likeness (QED) is 0.442. The van der Waals surface area contributed by atoms with Crippen LogP contribution in [0.5, 0.6) is 0 Å². The van der Waals surface area contributed by atoms with Crippen molar-refractivity contribution in [3.8, 4) is 0 Å². The molecule has 1 aromatic rings. The van der Waals surface area contributed by atoms with E-state index in [1.165, 1.54) is 6.07 Å². The second kappa shape index (κ2) is 7.06. The van der Waals surface area contributed by atoms with Crippen molar-refractivity contribution < 1.29 is 14.6 Å². The number of ether oxygens (including phenoxy) is 1. The summed E-state index contributed by atoms with van der Waals surface area (Å²) in [5, 5.41) is 14.0. The maximum Gasteiger partial charge on any atom is 0.292 e. The molecule has 6 heteroatoms. The van der Waals surface area contributed by atoms with Crippen molar-refractivity contribution >= 4 is 11.4 Å². The van der Waals surface area contributed by atoms with Crippen molar-refractivity contribution in [2.45, 2.75) is 6.42 Å². The summed E-state index contributed by atoms with van der Waals surface area (Å²) in [5.74, 6) is 0. The third-order valence-electron chi connectivity index (χ3n) is 3.32. The fraction of sp³-hybridized carbons (Fsp3) is 0.538. The van der Waals surface area contributed by atoms with Gasteiger partial charge in [0, 0.05) is 19.0 Å². The zero-order valence-corrected chi connectivity index (χ0v) is 10.9. The molecule has 1 saturated heterocycles. The molecule has 1 fully saturated rings. The Morgan fingerprint density at radius 3 is 2.79 bits per heavy atom. The van der Waals surface area contributed by atoms with E-state index in [9.17, 15) is 10.1 Å². The summed E-state index contributed by atoms with van der Waals surface area (Å²) in [4.78, 5) is 12.0. The molecular formula is C13H20N3O3+. The van der Waals surface area contributed by atoms with E-state index in [2.05, 4.69) is 5.32 Å². The molecule has 1 aromatic carbocycles. The van der Waals surface area contributed by atoms with Crippen LogP contribution in [0, 0.1) is 10.1 Å². The highest BCUT2D eigenvalue weighted by molar-refractivity contribution is 5.60. The van der Waals surface area contributed by atoms with Crippen molar-refractivity contribution in [3.05, 3.63) is 34.4 Å². The summed E-state index contributed by atoms with van der Waals surface area (Å²) in [5.41, 5.74) is 0.741. The van der Waals surface area contributed by atoms with E-state index in [0.29, 0.717) is 5.69 Å². The largest absolute Gasteiger partial charge is 0.379 e. The number of nitrogens with one attached hydrogen (secondary N) is 2. The van der Waals surface area contributed by atoms with Gasteiger partial charge in [-0.3, -0.25) is 10.1 Å². The third-order valence-corrected chi connectivity index (χ3v) is 3.32. The van der Waals surface area contributed by atoms with Gasteiger partial charge in [0.1, 0.15) is 18.8 Å². The Morgan fingerprint density at radius 1 is 1.32 bits per heavy atom. The Labute approximate surface area is 112 Å². The number of quaternary nitrogens is 1.